The van der Waals surface area contributed by atoms with Gasteiger partial charge in [-0.2, -0.15) is 0 Å². The number of carbonyl (C=O) groups is 2. The number of benzene rings is 1. The van der Waals surface area contributed by atoms with E-state index < -0.39 is 18.3 Å². The van der Waals surface area contributed by atoms with E-state index in [9.17, 15) is 14.7 Å². The van der Waals surface area contributed by atoms with E-state index in [2.05, 4.69) is 22.2 Å². The van der Waals surface area contributed by atoms with Crippen LogP contribution in [0.1, 0.15) is 12.0 Å². The lowest BCUT2D eigenvalue weighted by molar-refractivity contribution is -0.0788. The number of hydrogen-bond acceptors (Lipinski definition) is 6. The third kappa shape index (κ3) is 5.07. The number of hydrogen-bond donors (Lipinski definition) is 2. The monoisotopic (exact) mass is 351 g/mol. The smallest absolute Gasteiger partial charge is 0.428 e. The topological polar surface area (TPSA) is 91.3 Å². The van der Waals surface area contributed by atoms with Crippen LogP contribution in [0.2, 0.25) is 0 Å². The molecule has 1 saturated heterocycles. The first-order valence-electron chi connectivity index (χ1n) is 8.23. The van der Waals surface area contributed by atoms with Crippen molar-refractivity contribution in [2.45, 2.75) is 25.0 Å². The lowest BCUT2D eigenvalue weighted by atomic mass is 10.1. The number of β-amino-alcohol motifs (C(OH)–C–C–N with tert-alkyl or cyclic N) is 1. The van der Waals surface area contributed by atoms with E-state index in [4.69, 9.17) is 4.74 Å². The van der Waals surface area contributed by atoms with Gasteiger partial charge in [-0.05, 0) is 24.9 Å². The Hall–Kier alpha value is -2.32. The standard InChI is InChI=1S/C17H25N3O5/c1-24-16(22)19-11-14(15(21)12-20(19)17(23)25-2)18-10-6-9-13-7-4-3-5-8-13/h3-5,7-8,14-15,18,21H,6,9-12H2,1-2H3/t14-,15-/m1/s1. The van der Waals surface area contributed by atoms with E-state index in [0.29, 0.717) is 6.54 Å². The summed E-state index contributed by atoms with van der Waals surface area (Å²) in [5.74, 6) is 0. The van der Waals surface area contributed by atoms with Crippen LogP contribution in [0.4, 0.5) is 9.59 Å². The Balaban J connectivity index is 1.88. The molecule has 2 atom stereocenters. The van der Waals surface area contributed by atoms with Crippen LogP contribution in [0, 0.1) is 0 Å². The van der Waals surface area contributed by atoms with Gasteiger partial charge in [-0.3, -0.25) is 0 Å². The zero-order chi connectivity index (χ0) is 18.2. The van der Waals surface area contributed by atoms with Crippen LogP contribution in [0.5, 0.6) is 0 Å². The molecule has 1 aromatic carbocycles. The Bertz CT molecular complexity index is 569. The SMILES string of the molecule is COC(=O)N1C[C@@H](O)[C@H](NCCCc2ccccc2)CN1C(=O)OC. The summed E-state index contributed by atoms with van der Waals surface area (Å²) in [6, 6.07) is 9.78. The molecule has 8 nitrogen and oxygen atoms in total. The number of hydrazine groups is 1. The third-order valence-electron chi connectivity index (χ3n) is 4.15. The summed E-state index contributed by atoms with van der Waals surface area (Å²) in [5.41, 5.74) is 1.25. The highest BCUT2D eigenvalue weighted by Gasteiger charge is 2.39. The first-order valence-corrected chi connectivity index (χ1v) is 8.23. The second kappa shape index (κ2) is 9.24. The van der Waals surface area contributed by atoms with Gasteiger partial charge in [0.25, 0.3) is 0 Å². The maximum Gasteiger partial charge on any atom is 0.428 e. The molecule has 2 amide bonds. The Morgan fingerprint density at radius 3 is 2.32 bits per heavy atom. The Morgan fingerprint density at radius 2 is 1.72 bits per heavy atom. The van der Waals surface area contributed by atoms with Gasteiger partial charge < -0.3 is 19.9 Å². The van der Waals surface area contributed by atoms with Crippen molar-refractivity contribution in [1.82, 2.24) is 15.3 Å². The molecule has 0 spiro atoms. The van der Waals surface area contributed by atoms with E-state index in [0.717, 1.165) is 22.9 Å². The highest BCUT2D eigenvalue weighted by Crippen LogP contribution is 2.15. The molecule has 0 saturated carbocycles. The van der Waals surface area contributed by atoms with Gasteiger partial charge in [0.1, 0.15) is 0 Å². The van der Waals surface area contributed by atoms with Crippen molar-refractivity contribution in [3.63, 3.8) is 0 Å². The maximum atomic E-state index is 11.9. The van der Waals surface area contributed by atoms with Gasteiger partial charge in [-0.1, -0.05) is 30.3 Å². The Kier molecular flexibility index (Phi) is 7.03. The zero-order valence-electron chi connectivity index (χ0n) is 14.6. The first kappa shape index (κ1) is 19.0. The molecule has 1 aliphatic heterocycles. The molecule has 0 bridgehead atoms. The van der Waals surface area contributed by atoms with E-state index in [1.54, 1.807) is 0 Å². The van der Waals surface area contributed by atoms with E-state index in [-0.39, 0.29) is 19.1 Å². The Morgan fingerprint density at radius 1 is 1.12 bits per heavy atom. The second-order valence-corrected chi connectivity index (χ2v) is 5.82. The number of amides is 2. The molecule has 2 N–H and O–H groups in total. The average molecular weight is 351 g/mol. The fourth-order valence-corrected chi connectivity index (χ4v) is 2.79. The predicted molar refractivity (Wildman–Crippen MR) is 90.8 cm³/mol. The summed E-state index contributed by atoms with van der Waals surface area (Å²) >= 11 is 0. The molecule has 1 aliphatic rings. The summed E-state index contributed by atoms with van der Waals surface area (Å²) in [5, 5.41) is 15.7. The number of aliphatic hydroxyl groups excluding tert-OH is 1. The van der Waals surface area contributed by atoms with Crippen LogP contribution >= 0.6 is 0 Å². The average Bonchev–Trinajstić information content (AvgIpc) is 2.65. The summed E-state index contributed by atoms with van der Waals surface area (Å²) in [6.07, 6.45) is -0.380. The second-order valence-electron chi connectivity index (χ2n) is 5.82. The molecule has 25 heavy (non-hydrogen) atoms. The van der Waals surface area contributed by atoms with Crippen molar-refractivity contribution in [2.24, 2.45) is 0 Å². The summed E-state index contributed by atoms with van der Waals surface area (Å²) in [7, 11) is 2.46. The molecule has 0 aliphatic carbocycles. The van der Waals surface area contributed by atoms with Gasteiger partial charge >= 0.3 is 12.2 Å². The minimum absolute atomic E-state index is 0.0435. The molecule has 2 rings (SSSR count). The van der Waals surface area contributed by atoms with Gasteiger partial charge in [0, 0.05) is 0 Å². The lowest BCUT2D eigenvalue weighted by Gasteiger charge is -2.42. The number of carbonyl (C=O) groups excluding carboxylic acids is 2. The molecule has 8 heteroatoms. The minimum atomic E-state index is -0.809. The largest absolute Gasteiger partial charge is 0.452 e. The normalized spacial score (nSPS) is 20.3. The van der Waals surface area contributed by atoms with Crippen LogP contribution in [0.3, 0.4) is 0 Å². The van der Waals surface area contributed by atoms with Crippen molar-refractivity contribution >= 4 is 12.2 Å². The minimum Gasteiger partial charge on any atom is -0.452 e. The van der Waals surface area contributed by atoms with E-state index in [1.165, 1.54) is 19.8 Å². The number of nitrogens with one attached hydrogen (secondary N) is 1. The molecule has 1 fully saturated rings. The van der Waals surface area contributed by atoms with Gasteiger partial charge in [0.2, 0.25) is 0 Å². The van der Waals surface area contributed by atoms with Crippen molar-refractivity contribution < 1.29 is 24.2 Å². The van der Waals surface area contributed by atoms with Gasteiger partial charge in [0.15, 0.2) is 0 Å². The van der Waals surface area contributed by atoms with Crippen LogP contribution in [0.25, 0.3) is 0 Å². The fourth-order valence-electron chi connectivity index (χ4n) is 2.79. The number of aryl methyl sites for hydroxylation is 1. The molecule has 1 aromatic rings. The van der Waals surface area contributed by atoms with Crippen molar-refractivity contribution in [3.8, 4) is 0 Å². The van der Waals surface area contributed by atoms with Crippen LogP contribution in [-0.4, -0.2) is 73.3 Å². The molecular formula is C17H25N3O5. The number of aliphatic hydroxyl groups is 1. The van der Waals surface area contributed by atoms with Crippen LogP contribution < -0.4 is 5.32 Å². The van der Waals surface area contributed by atoms with E-state index in [1.807, 2.05) is 18.2 Å². The molecular weight excluding hydrogens is 326 g/mol. The Labute approximate surface area is 147 Å². The van der Waals surface area contributed by atoms with Gasteiger partial charge in [0.05, 0.1) is 39.5 Å². The number of methoxy groups -OCH3 is 2. The van der Waals surface area contributed by atoms with Crippen LogP contribution in [-0.2, 0) is 15.9 Å². The molecule has 0 aromatic heterocycles. The summed E-state index contributed by atoms with van der Waals surface area (Å²) in [4.78, 5) is 23.7. The molecule has 138 valence electrons. The van der Waals surface area contributed by atoms with E-state index >= 15 is 0 Å². The van der Waals surface area contributed by atoms with Crippen LogP contribution in [0.15, 0.2) is 30.3 Å². The van der Waals surface area contributed by atoms with Crippen molar-refractivity contribution in [3.05, 3.63) is 35.9 Å². The maximum absolute atomic E-state index is 11.9. The highest BCUT2D eigenvalue weighted by molar-refractivity contribution is 5.74. The number of ether oxygens (including phenoxy) is 2. The molecule has 0 unspecified atom stereocenters. The van der Waals surface area contributed by atoms with Crippen molar-refractivity contribution in [2.75, 3.05) is 33.9 Å². The lowest BCUT2D eigenvalue weighted by Crippen LogP contribution is -2.65. The zero-order valence-corrected chi connectivity index (χ0v) is 14.6. The van der Waals surface area contributed by atoms with Gasteiger partial charge in [-0.15, -0.1) is 0 Å². The number of rotatable bonds is 5. The molecule has 0 radical (unpaired) electrons. The third-order valence-corrected chi connectivity index (χ3v) is 4.15. The first-order chi connectivity index (χ1) is 12.1. The highest BCUT2D eigenvalue weighted by atomic mass is 16.6. The quantitative estimate of drug-likeness (QED) is 0.769. The fraction of sp³-hybridized carbons (Fsp3) is 0.529. The predicted octanol–water partition coefficient (Wildman–Crippen LogP) is 1.00. The van der Waals surface area contributed by atoms with Crippen molar-refractivity contribution in [1.29, 1.82) is 0 Å². The number of nitrogens with zero attached hydrogens (tertiary/aromatic N) is 2. The van der Waals surface area contributed by atoms with Gasteiger partial charge in [-0.25, -0.2) is 19.6 Å². The summed E-state index contributed by atoms with van der Waals surface area (Å²) in [6.45, 7) is 0.760. The summed E-state index contributed by atoms with van der Waals surface area (Å²) < 4.78 is 9.36. The molecule has 1 heterocycles.